The Morgan fingerprint density at radius 3 is 3.08 bits per heavy atom. The van der Waals surface area contributed by atoms with Crippen molar-refractivity contribution in [3.8, 4) is 5.75 Å². The van der Waals surface area contributed by atoms with E-state index in [1.807, 2.05) is 19.2 Å². The van der Waals surface area contributed by atoms with Crippen LogP contribution in [0.15, 0.2) is 12.3 Å². The number of aromatic nitrogens is 1. The van der Waals surface area contributed by atoms with Crippen molar-refractivity contribution in [1.82, 2.24) is 15.2 Å². The second-order valence-corrected chi connectivity index (χ2v) is 6.16. The summed E-state index contributed by atoms with van der Waals surface area (Å²) in [6.45, 7) is 4.18. The van der Waals surface area contributed by atoms with E-state index in [1.54, 1.807) is 0 Å². The topological polar surface area (TPSA) is 81.6 Å². The molecule has 1 saturated heterocycles. The molecular formula is C17H25N3O4. The van der Waals surface area contributed by atoms with E-state index in [4.69, 9.17) is 9.47 Å². The summed E-state index contributed by atoms with van der Waals surface area (Å²) in [5.41, 5.74) is 1.11. The predicted octanol–water partition coefficient (Wildman–Crippen LogP) is 1.13. The molecule has 0 saturated carbocycles. The fraction of sp³-hybridized carbons (Fsp3) is 0.647. The van der Waals surface area contributed by atoms with Gasteiger partial charge in [0.25, 0.3) is 0 Å². The minimum atomic E-state index is -0.156. The number of hydrogen-bond donors (Lipinski definition) is 2. The molecule has 3 heterocycles. The second-order valence-electron chi connectivity index (χ2n) is 6.16. The van der Waals surface area contributed by atoms with Gasteiger partial charge in [0.2, 0.25) is 0 Å². The molecule has 1 fully saturated rings. The number of rotatable bonds is 7. The van der Waals surface area contributed by atoms with Gasteiger partial charge in [-0.1, -0.05) is 0 Å². The fourth-order valence-electron chi connectivity index (χ4n) is 3.26. The van der Waals surface area contributed by atoms with Crippen LogP contribution in [0, 0.1) is 0 Å². The number of piperidine rings is 1. The van der Waals surface area contributed by atoms with Gasteiger partial charge in [-0.25, -0.2) is 0 Å². The number of carbonyl (C=O) groups excluding carboxylic acids is 2. The third kappa shape index (κ3) is 3.79. The lowest BCUT2D eigenvalue weighted by molar-refractivity contribution is -0.143. The monoisotopic (exact) mass is 335 g/mol. The average Bonchev–Trinajstić information content (AvgIpc) is 2.98. The standard InChI is InChI=1S/C17H25N3O4/c1-2-23-15(22)5-3-4-8-24-13-9-12-10-19-16-14(21)6-7-18-17(16)20(12)11-13/h9,11,16-19H,2-8,10H2,1H3. The molecular weight excluding hydrogens is 310 g/mol. The normalized spacial score (nSPS) is 22.6. The van der Waals surface area contributed by atoms with Crippen molar-refractivity contribution in [3.05, 3.63) is 18.0 Å². The average molecular weight is 335 g/mol. The van der Waals surface area contributed by atoms with Crippen molar-refractivity contribution < 1.29 is 19.1 Å². The maximum Gasteiger partial charge on any atom is 0.305 e. The lowest BCUT2D eigenvalue weighted by Crippen LogP contribution is -2.56. The third-order valence-electron chi connectivity index (χ3n) is 4.45. The summed E-state index contributed by atoms with van der Waals surface area (Å²) in [7, 11) is 0. The molecule has 0 spiro atoms. The summed E-state index contributed by atoms with van der Waals surface area (Å²) >= 11 is 0. The summed E-state index contributed by atoms with van der Waals surface area (Å²) in [5.74, 6) is 0.921. The summed E-state index contributed by atoms with van der Waals surface area (Å²) in [4.78, 5) is 23.3. The van der Waals surface area contributed by atoms with Gasteiger partial charge in [0.05, 0.1) is 13.2 Å². The molecule has 7 heteroatoms. The zero-order valence-corrected chi connectivity index (χ0v) is 14.0. The van der Waals surface area contributed by atoms with E-state index in [-0.39, 0.29) is 24.0 Å². The van der Waals surface area contributed by atoms with Gasteiger partial charge in [-0.15, -0.1) is 0 Å². The summed E-state index contributed by atoms with van der Waals surface area (Å²) in [6, 6.07) is 1.85. The molecule has 24 heavy (non-hydrogen) atoms. The first kappa shape index (κ1) is 17.0. The zero-order valence-electron chi connectivity index (χ0n) is 14.0. The van der Waals surface area contributed by atoms with Crippen molar-refractivity contribution in [1.29, 1.82) is 0 Å². The SMILES string of the molecule is CCOC(=O)CCCCOc1cc2n(c1)C1NCCC(=O)C1NC2. The van der Waals surface area contributed by atoms with Gasteiger partial charge in [-0.2, -0.15) is 0 Å². The van der Waals surface area contributed by atoms with Crippen LogP contribution in [0.2, 0.25) is 0 Å². The van der Waals surface area contributed by atoms with Crippen LogP contribution >= 0.6 is 0 Å². The molecule has 0 radical (unpaired) electrons. The van der Waals surface area contributed by atoms with Crippen LogP contribution in [0.1, 0.15) is 44.5 Å². The van der Waals surface area contributed by atoms with Crippen LogP contribution < -0.4 is 15.4 Å². The second kappa shape index (κ2) is 7.81. The Bertz CT molecular complexity index is 599. The first-order chi connectivity index (χ1) is 11.7. The van der Waals surface area contributed by atoms with E-state index in [9.17, 15) is 9.59 Å². The van der Waals surface area contributed by atoms with Crippen LogP contribution in [0.5, 0.6) is 5.75 Å². The molecule has 0 aliphatic carbocycles. The first-order valence-corrected chi connectivity index (χ1v) is 8.67. The Kier molecular flexibility index (Phi) is 5.52. The maximum absolute atomic E-state index is 12.0. The highest BCUT2D eigenvalue weighted by Gasteiger charge is 2.36. The molecule has 0 bridgehead atoms. The number of nitrogens with zero attached hydrogens (tertiary/aromatic N) is 1. The zero-order chi connectivity index (χ0) is 16.9. The number of nitrogens with one attached hydrogen (secondary N) is 2. The van der Waals surface area contributed by atoms with E-state index in [1.165, 1.54) is 0 Å². The lowest BCUT2D eigenvalue weighted by atomic mass is 10.0. The highest BCUT2D eigenvalue weighted by Crippen LogP contribution is 2.27. The highest BCUT2D eigenvalue weighted by atomic mass is 16.5. The Morgan fingerprint density at radius 2 is 2.25 bits per heavy atom. The summed E-state index contributed by atoms with van der Waals surface area (Å²) in [5, 5.41) is 6.70. The molecule has 3 rings (SSSR count). The minimum Gasteiger partial charge on any atom is -0.492 e. The van der Waals surface area contributed by atoms with Crippen LogP contribution in [-0.2, 0) is 20.9 Å². The number of ether oxygens (including phenoxy) is 2. The summed E-state index contributed by atoms with van der Waals surface area (Å²) < 4.78 is 12.8. The van der Waals surface area contributed by atoms with Gasteiger partial charge < -0.3 is 14.0 Å². The Balaban J connectivity index is 1.49. The van der Waals surface area contributed by atoms with E-state index in [0.717, 1.165) is 24.3 Å². The molecule has 7 nitrogen and oxygen atoms in total. The Hall–Kier alpha value is -1.86. The molecule has 2 aliphatic rings. The number of Topliss-reactive ketones (excluding diaryl/α,β-unsaturated/α-hetero) is 1. The highest BCUT2D eigenvalue weighted by molar-refractivity contribution is 5.85. The lowest BCUT2D eigenvalue weighted by Gasteiger charge is -2.37. The number of hydrogen-bond acceptors (Lipinski definition) is 6. The molecule has 0 amide bonds. The number of ketones is 1. The van der Waals surface area contributed by atoms with E-state index in [0.29, 0.717) is 39.1 Å². The quantitative estimate of drug-likeness (QED) is 0.574. The van der Waals surface area contributed by atoms with Crippen molar-refractivity contribution in [2.75, 3.05) is 19.8 Å². The largest absolute Gasteiger partial charge is 0.492 e. The van der Waals surface area contributed by atoms with E-state index >= 15 is 0 Å². The number of fused-ring (bicyclic) bond motifs is 3. The molecule has 0 aromatic carbocycles. The van der Waals surface area contributed by atoms with Crippen molar-refractivity contribution in [2.45, 2.75) is 51.4 Å². The molecule has 1 aromatic rings. The van der Waals surface area contributed by atoms with Gasteiger partial charge in [-0.3, -0.25) is 20.2 Å². The molecule has 2 atom stereocenters. The smallest absolute Gasteiger partial charge is 0.305 e. The minimum absolute atomic E-state index is 0.0313. The van der Waals surface area contributed by atoms with E-state index in [2.05, 4.69) is 15.2 Å². The summed E-state index contributed by atoms with van der Waals surface area (Å²) in [6.07, 6.45) is 4.51. The Morgan fingerprint density at radius 1 is 1.38 bits per heavy atom. The molecule has 2 aliphatic heterocycles. The van der Waals surface area contributed by atoms with Gasteiger partial charge in [0.15, 0.2) is 5.78 Å². The van der Waals surface area contributed by atoms with Crippen LogP contribution in [-0.4, -0.2) is 42.1 Å². The van der Waals surface area contributed by atoms with Crippen molar-refractivity contribution in [3.63, 3.8) is 0 Å². The van der Waals surface area contributed by atoms with Gasteiger partial charge in [-0.05, 0) is 19.8 Å². The Labute approximate surface area is 141 Å². The van der Waals surface area contributed by atoms with Crippen molar-refractivity contribution >= 4 is 11.8 Å². The first-order valence-electron chi connectivity index (χ1n) is 8.67. The van der Waals surface area contributed by atoms with Gasteiger partial charge in [0.1, 0.15) is 18.0 Å². The van der Waals surface area contributed by atoms with Crippen molar-refractivity contribution in [2.24, 2.45) is 0 Å². The van der Waals surface area contributed by atoms with E-state index < -0.39 is 0 Å². The number of esters is 1. The third-order valence-corrected chi connectivity index (χ3v) is 4.45. The molecule has 1 aromatic heterocycles. The van der Waals surface area contributed by atoms with Gasteiger partial charge in [0, 0.05) is 43.9 Å². The number of carbonyl (C=O) groups is 2. The van der Waals surface area contributed by atoms with Gasteiger partial charge >= 0.3 is 5.97 Å². The maximum atomic E-state index is 12.0. The van der Waals surface area contributed by atoms with Crippen LogP contribution in [0.25, 0.3) is 0 Å². The fourth-order valence-corrected chi connectivity index (χ4v) is 3.26. The predicted molar refractivity (Wildman–Crippen MR) is 87.7 cm³/mol. The molecule has 2 unspecified atom stereocenters. The van der Waals surface area contributed by atoms with Crippen LogP contribution in [0.4, 0.5) is 0 Å². The number of unbranched alkanes of at least 4 members (excludes halogenated alkanes) is 1. The molecule has 2 N–H and O–H groups in total. The molecule has 132 valence electrons. The van der Waals surface area contributed by atoms with Crippen LogP contribution in [0.3, 0.4) is 0 Å².